The van der Waals surface area contributed by atoms with Gasteiger partial charge in [-0.2, -0.15) is 0 Å². The van der Waals surface area contributed by atoms with Gasteiger partial charge >= 0.3 is 5.97 Å². The second kappa shape index (κ2) is 7.79. The molecule has 2 rings (SSSR count). The van der Waals surface area contributed by atoms with Gasteiger partial charge in [-0.3, -0.25) is 4.79 Å². The number of hydrogen-bond acceptors (Lipinski definition) is 4. The van der Waals surface area contributed by atoms with Crippen LogP contribution in [0.2, 0.25) is 0 Å². The first kappa shape index (κ1) is 16.3. The standard InChI is InChI=1S/C18H17NO4/c1-3-11-23-16-6-4-5-15(12-16)19-17(20)13-7-9-14(10-8-13)18(21)22-2/h3-10,12H,1,11H2,2H3,(H,19,20). The molecule has 0 heterocycles. The van der Waals surface area contributed by atoms with Gasteiger partial charge in [-0.05, 0) is 36.4 Å². The van der Waals surface area contributed by atoms with Crippen LogP contribution in [0.5, 0.6) is 5.75 Å². The molecule has 2 aromatic rings. The van der Waals surface area contributed by atoms with Gasteiger partial charge in [0.1, 0.15) is 12.4 Å². The van der Waals surface area contributed by atoms with Gasteiger partial charge in [0.15, 0.2) is 0 Å². The molecule has 0 atom stereocenters. The Morgan fingerprint density at radius 2 is 1.83 bits per heavy atom. The third-order valence-corrected chi connectivity index (χ3v) is 3.03. The van der Waals surface area contributed by atoms with E-state index in [0.717, 1.165) is 0 Å². The van der Waals surface area contributed by atoms with Gasteiger partial charge in [-0.25, -0.2) is 4.79 Å². The van der Waals surface area contributed by atoms with E-state index in [-0.39, 0.29) is 5.91 Å². The summed E-state index contributed by atoms with van der Waals surface area (Å²) in [4.78, 5) is 23.6. The first-order valence-corrected chi connectivity index (χ1v) is 6.97. The highest BCUT2D eigenvalue weighted by atomic mass is 16.5. The molecule has 2 aromatic carbocycles. The number of benzene rings is 2. The van der Waals surface area contributed by atoms with Crippen LogP contribution in [0.1, 0.15) is 20.7 Å². The lowest BCUT2D eigenvalue weighted by Gasteiger charge is -2.08. The smallest absolute Gasteiger partial charge is 0.337 e. The average Bonchev–Trinajstić information content (AvgIpc) is 2.59. The molecule has 118 valence electrons. The Morgan fingerprint density at radius 1 is 1.13 bits per heavy atom. The van der Waals surface area contributed by atoms with Crippen LogP contribution >= 0.6 is 0 Å². The summed E-state index contributed by atoms with van der Waals surface area (Å²) in [5, 5.41) is 2.78. The topological polar surface area (TPSA) is 64.6 Å². The normalized spacial score (nSPS) is 9.78. The predicted molar refractivity (Wildman–Crippen MR) is 87.9 cm³/mol. The SMILES string of the molecule is C=CCOc1cccc(NC(=O)c2ccc(C(=O)OC)cc2)c1. The number of hydrogen-bond donors (Lipinski definition) is 1. The number of anilines is 1. The van der Waals surface area contributed by atoms with Crippen molar-refractivity contribution in [2.75, 3.05) is 19.0 Å². The van der Waals surface area contributed by atoms with Crippen molar-refractivity contribution in [3.63, 3.8) is 0 Å². The minimum atomic E-state index is -0.441. The summed E-state index contributed by atoms with van der Waals surface area (Å²) in [6, 6.07) is 13.3. The van der Waals surface area contributed by atoms with Crippen LogP contribution in [0.4, 0.5) is 5.69 Å². The number of rotatable bonds is 6. The van der Waals surface area contributed by atoms with Gasteiger partial charge in [0.25, 0.3) is 5.91 Å². The fourth-order valence-electron chi connectivity index (χ4n) is 1.90. The summed E-state index contributed by atoms with van der Waals surface area (Å²) in [6.07, 6.45) is 1.65. The quantitative estimate of drug-likeness (QED) is 0.657. The summed E-state index contributed by atoms with van der Waals surface area (Å²) < 4.78 is 10.0. The highest BCUT2D eigenvalue weighted by Crippen LogP contribution is 2.18. The summed E-state index contributed by atoms with van der Waals surface area (Å²) in [7, 11) is 1.31. The Hall–Kier alpha value is -3.08. The number of ether oxygens (including phenoxy) is 2. The van der Waals surface area contributed by atoms with Gasteiger partial charge < -0.3 is 14.8 Å². The Morgan fingerprint density at radius 3 is 2.48 bits per heavy atom. The molecule has 0 saturated heterocycles. The maximum atomic E-state index is 12.2. The van der Waals surface area contributed by atoms with Crippen LogP contribution < -0.4 is 10.1 Å². The third-order valence-electron chi connectivity index (χ3n) is 3.03. The maximum absolute atomic E-state index is 12.2. The lowest BCUT2D eigenvalue weighted by Crippen LogP contribution is -2.12. The zero-order chi connectivity index (χ0) is 16.7. The number of nitrogens with one attached hydrogen (secondary N) is 1. The zero-order valence-corrected chi connectivity index (χ0v) is 12.7. The van der Waals surface area contributed by atoms with Crippen molar-refractivity contribution in [2.24, 2.45) is 0 Å². The molecule has 5 heteroatoms. The van der Waals surface area contributed by atoms with E-state index in [4.69, 9.17) is 4.74 Å². The molecule has 0 aliphatic carbocycles. The molecule has 1 amide bonds. The molecule has 0 saturated carbocycles. The Kier molecular flexibility index (Phi) is 5.52. The summed E-state index contributed by atoms with van der Waals surface area (Å²) >= 11 is 0. The molecule has 0 aliphatic rings. The molecule has 5 nitrogen and oxygen atoms in total. The minimum absolute atomic E-state index is 0.276. The van der Waals surface area contributed by atoms with Crippen molar-refractivity contribution in [3.05, 3.63) is 72.3 Å². The van der Waals surface area contributed by atoms with Gasteiger partial charge in [-0.1, -0.05) is 18.7 Å². The molecule has 0 spiro atoms. The summed E-state index contributed by atoms with van der Waals surface area (Å²) in [5.41, 5.74) is 1.45. The first-order valence-electron chi connectivity index (χ1n) is 6.97. The lowest BCUT2D eigenvalue weighted by atomic mass is 10.1. The van der Waals surface area contributed by atoms with Crippen molar-refractivity contribution in [1.82, 2.24) is 0 Å². The number of carbonyl (C=O) groups is 2. The Balaban J connectivity index is 2.06. The minimum Gasteiger partial charge on any atom is -0.489 e. The highest BCUT2D eigenvalue weighted by Gasteiger charge is 2.09. The van der Waals surface area contributed by atoms with E-state index < -0.39 is 5.97 Å². The number of methoxy groups -OCH3 is 1. The molecular weight excluding hydrogens is 294 g/mol. The molecular formula is C18H17NO4. The first-order chi connectivity index (χ1) is 11.1. The highest BCUT2D eigenvalue weighted by molar-refractivity contribution is 6.04. The zero-order valence-electron chi connectivity index (χ0n) is 12.7. The molecule has 0 aromatic heterocycles. The molecule has 0 fully saturated rings. The van der Waals surface area contributed by atoms with Crippen molar-refractivity contribution < 1.29 is 19.1 Å². The van der Waals surface area contributed by atoms with Gasteiger partial charge in [-0.15, -0.1) is 0 Å². The van der Waals surface area contributed by atoms with E-state index in [9.17, 15) is 9.59 Å². The van der Waals surface area contributed by atoms with E-state index in [1.54, 1.807) is 54.6 Å². The van der Waals surface area contributed by atoms with Crippen LogP contribution in [-0.4, -0.2) is 25.6 Å². The summed E-state index contributed by atoms with van der Waals surface area (Å²) in [6.45, 7) is 3.98. The van der Waals surface area contributed by atoms with Crippen LogP contribution in [0.25, 0.3) is 0 Å². The molecule has 1 N–H and O–H groups in total. The molecule has 0 bridgehead atoms. The number of amides is 1. The second-order valence-corrected chi connectivity index (χ2v) is 4.65. The second-order valence-electron chi connectivity index (χ2n) is 4.65. The van der Waals surface area contributed by atoms with Crippen molar-refractivity contribution in [2.45, 2.75) is 0 Å². The third kappa shape index (κ3) is 4.44. The van der Waals surface area contributed by atoms with Gasteiger partial charge in [0.2, 0.25) is 0 Å². The lowest BCUT2D eigenvalue weighted by molar-refractivity contribution is 0.0600. The predicted octanol–water partition coefficient (Wildman–Crippen LogP) is 3.29. The van der Waals surface area contributed by atoms with E-state index in [1.807, 2.05) is 0 Å². The summed E-state index contributed by atoms with van der Waals surface area (Å²) in [5.74, 6) is -0.0740. The molecule has 23 heavy (non-hydrogen) atoms. The van der Waals surface area contributed by atoms with Crippen LogP contribution in [-0.2, 0) is 4.74 Å². The van der Waals surface area contributed by atoms with Crippen molar-refractivity contribution >= 4 is 17.6 Å². The van der Waals surface area contributed by atoms with E-state index >= 15 is 0 Å². The van der Waals surface area contributed by atoms with E-state index in [2.05, 4.69) is 16.6 Å². The fourth-order valence-corrected chi connectivity index (χ4v) is 1.90. The maximum Gasteiger partial charge on any atom is 0.337 e. The van der Waals surface area contributed by atoms with Crippen LogP contribution in [0, 0.1) is 0 Å². The fraction of sp³-hybridized carbons (Fsp3) is 0.111. The molecule has 0 unspecified atom stereocenters. The number of esters is 1. The van der Waals surface area contributed by atoms with Crippen molar-refractivity contribution in [1.29, 1.82) is 0 Å². The van der Waals surface area contributed by atoms with Gasteiger partial charge in [0, 0.05) is 17.3 Å². The van der Waals surface area contributed by atoms with Crippen molar-refractivity contribution in [3.8, 4) is 5.75 Å². The molecule has 0 aliphatic heterocycles. The average molecular weight is 311 g/mol. The van der Waals surface area contributed by atoms with Gasteiger partial charge in [0.05, 0.1) is 12.7 Å². The van der Waals surface area contributed by atoms with E-state index in [1.165, 1.54) is 7.11 Å². The molecule has 0 radical (unpaired) electrons. The van der Waals surface area contributed by atoms with E-state index in [0.29, 0.717) is 29.2 Å². The largest absolute Gasteiger partial charge is 0.489 e. The van der Waals surface area contributed by atoms with Crippen LogP contribution in [0.15, 0.2) is 61.2 Å². The van der Waals surface area contributed by atoms with Crippen LogP contribution in [0.3, 0.4) is 0 Å². The Bertz CT molecular complexity index is 707. The number of carbonyl (C=O) groups excluding carboxylic acids is 2. The monoisotopic (exact) mass is 311 g/mol. The Labute approximate surface area is 134 Å².